The lowest BCUT2D eigenvalue weighted by Crippen LogP contribution is -2.18. The molecule has 2 nitrogen and oxygen atoms in total. The summed E-state index contributed by atoms with van der Waals surface area (Å²) in [5.74, 6) is 0. The largest absolute Gasteiger partial charge is 0.383 e. The quantitative estimate of drug-likeness (QED) is 0.788. The number of anilines is 1. The Kier molecular flexibility index (Phi) is 5.25. The molecule has 2 rings (SSSR count). The Balaban J connectivity index is 2.18. The van der Waals surface area contributed by atoms with Crippen LogP contribution in [0.1, 0.15) is 40.2 Å². The summed E-state index contributed by atoms with van der Waals surface area (Å²) in [6.45, 7) is 11.2. The molecular weight excluding hydrogens is 270 g/mol. The predicted molar refractivity (Wildman–Crippen MR) is 95.2 cm³/mol. The van der Waals surface area contributed by atoms with E-state index < -0.39 is 0 Å². The monoisotopic (exact) mass is 297 g/mol. The first-order chi connectivity index (χ1) is 10.3. The molecule has 0 fully saturated rings. The zero-order valence-electron chi connectivity index (χ0n) is 14.3. The number of hydrogen-bond donors (Lipinski definition) is 1. The van der Waals surface area contributed by atoms with E-state index in [1.807, 2.05) is 0 Å². The Morgan fingerprint density at radius 1 is 0.955 bits per heavy atom. The van der Waals surface area contributed by atoms with E-state index in [0.29, 0.717) is 12.6 Å². The molecule has 2 aromatic rings. The number of benzene rings is 2. The van der Waals surface area contributed by atoms with E-state index in [1.165, 1.54) is 16.7 Å². The normalized spacial score (nSPS) is 11.7. The van der Waals surface area contributed by atoms with E-state index in [2.05, 4.69) is 88.5 Å². The predicted octanol–water partition coefficient (Wildman–Crippen LogP) is 5.49. The fraction of sp³-hybridized carbons (Fsp3) is 0.400. The fourth-order valence-electron chi connectivity index (χ4n) is 2.26. The molecule has 0 radical (unpaired) electrons. The van der Waals surface area contributed by atoms with Crippen LogP contribution < -0.4 is 5.32 Å². The van der Waals surface area contributed by atoms with Crippen molar-refractivity contribution in [2.24, 2.45) is 0 Å². The van der Waals surface area contributed by atoms with Gasteiger partial charge in [-0.3, -0.25) is 0 Å². The van der Waals surface area contributed by atoms with E-state index in [4.69, 9.17) is 4.74 Å². The summed E-state index contributed by atoms with van der Waals surface area (Å²) in [5, 5.41) is 3.45. The van der Waals surface area contributed by atoms with E-state index in [9.17, 15) is 0 Å². The molecule has 0 heterocycles. The van der Waals surface area contributed by atoms with Gasteiger partial charge in [0.25, 0.3) is 0 Å². The van der Waals surface area contributed by atoms with Crippen LogP contribution in [0.25, 0.3) is 11.1 Å². The fourth-order valence-corrected chi connectivity index (χ4v) is 2.26. The van der Waals surface area contributed by atoms with Crippen LogP contribution in [-0.4, -0.2) is 11.6 Å². The minimum atomic E-state index is -0.114. The average molecular weight is 297 g/mol. The second kappa shape index (κ2) is 6.97. The van der Waals surface area contributed by atoms with Crippen molar-refractivity contribution in [1.82, 2.24) is 0 Å². The van der Waals surface area contributed by atoms with Gasteiger partial charge in [-0.2, -0.15) is 0 Å². The third-order valence-electron chi connectivity index (χ3n) is 3.25. The highest BCUT2D eigenvalue weighted by Crippen LogP contribution is 2.24. The average Bonchev–Trinajstić information content (AvgIpc) is 2.44. The summed E-state index contributed by atoms with van der Waals surface area (Å²) in [7, 11) is 0. The van der Waals surface area contributed by atoms with Gasteiger partial charge in [0, 0.05) is 11.7 Å². The minimum Gasteiger partial charge on any atom is -0.383 e. The first kappa shape index (κ1) is 16.6. The lowest BCUT2D eigenvalue weighted by Gasteiger charge is -2.19. The van der Waals surface area contributed by atoms with Crippen LogP contribution in [0.4, 0.5) is 5.69 Å². The standard InChI is InChI=1S/C20H27NO/c1-15(2)21-19-11-7-10-18(13-19)17-9-6-8-16(12-17)14-22-20(3,4)5/h6-13,15,21H,14H2,1-5H3. The highest BCUT2D eigenvalue weighted by atomic mass is 16.5. The maximum Gasteiger partial charge on any atom is 0.0724 e. The van der Waals surface area contributed by atoms with Gasteiger partial charge in [-0.05, 0) is 69.5 Å². The van der Waals surface area contributed by atoms with Crippen LogP contribution in [-0.2, 0) is 11.3 Å². The van der Waals surface area contributed by atoms with Gasteiger partial charge in [0.05, 0.1) is 12.2 Å². The van der Waals surface area contributed by atoms with Crippen LogP contribution in [0.5, 0.6) is 0 Å². The molecule has 22 heavy (non-hydrogen) atoms. The summed E-state index contributed by atoms with van der Waals surface area (Å²) in [5.41, 5.74) is 4.70. The van der Waals surface area contributed by atoms with Crippen LogP contribution in [0.2, 0.25) is 0 Å². The Bertz CT molecular complexity index is 611. The summed E-state index contributed by atoms with van der Waals surface area (Å²) in [6.07, 6.45) is 0. The number of nitrogens with one attached hydrogen (secondary N) is 1. The Morgan fingerprint density at radius 2 is 1.59 bits per heavy atom. The maximum atomic E-state index is 5.87. The zero-order chi connectivity index (χ0) is 16.2. The molecule has 0 amide bonds. The molecule has 0 aliphatic carbocycles. The van der Waals surface area contributed by atoms with Crippen molar-refractivity contribution in [2.75, 3.05) is 5.32 Å². The minimum absolute atomic E-state index is 0.114. The number of hydrogen-bond acceptors (Lipinski definition) is 2. The van der Waals surface area contributed by atoms with Crippen molar-refractivity contribution in [1.29, 1.82) is 0 Å². The first-order valence-corrected chi connectivity index (χ1v) is 7.93. The molecule has 0 spiro atoms. The Labute approximate surface area is 134 Å². The molecule has 0 atom stereocenters. The zero-order valence-corrected chi connectivity index (χ0v) is 14.3. The highest BCUT2D eigenvalue weighted by Gasteiger charge is 2.10. The molecule has 2 aromatic carbocycles. The maximum absolute atomic E-state index is 5.87. The first-order valence-electron chi connectivity index (χ1n) is 7.93. The molecular formula is C20H27NO. The van der Waals surface area contributed by atoms with Gasteiger partial charge in [-0.25, -0.2) is 0 Å². The van der Waals surface area contributed by atoms with Crippen LogP contribution in [0, 0.1) is 0 Å². The molecule has 0 saturated heterocycles. The van der Waals surface area contributed by atoms with Crippen LogP contribution in [0.3, 0.4) is 0 Å². The van der Waals surface area contributed by atoms with Gasteiger partial charge < -0.3 is 10.1 Å². The third-order valence-corrected chi connectivity index (χ3v) is 3.25. The van der Waals surface area contributed by atoms with Gasteiger partial charge >= 0.3 is 0 Å². The lowest BCUT2D eigenvalue weighted by atomic mass is 10.0. The number of rotatable bonds is 5. The van der Waals surface area contributed by atoms with Crippen molar-refractivity contribution < 1.29 is 4.74 Å². The van der Waals surface area contributed by atoms with Gasteiger partial charge in [0.15, 0.2) is 0 Å². The van der Waals surface area contributed by atoms with E-state index >= 15 is 0 Å². The van der Waals surface area contributed by atoms with E-state index in [0.717, 1.165) is 5.69 Å². The summed E-state index contributed by atoms with van der Waals surface area (Å²) < 4.78 is 5.87. The molecule has 118 valence electrons. The molecule has 0 saturated carbocycles. The van der Waals surface area contributed by atoms with Crippen molar-refractivity contribution in [3.05, 3.63) is 54.1 Å². The summed E-state index contributed by atoms with van der Waals surface area (Å²) in [4.78, 5) is 0. The topological polar surface area (TPSA) is 21.3 Å². The molecule has 0 aliphatic rings. The van der Waals surface area contributed by atoms with E-state index in [-0.39, 0.29) is 5.60 Å². The Morgan fingerprint density at radius 3 is 2.23 bits per heavy atom. The van der Waals surface area contributed by atoms with Crippen molar-refractivity contribution in [3.63, 3.8) is 0 Å². The van der Waals surface area contributed by atoms with Crippen molar-refractivity contribution in [3.8, 4) is 11.1 Å². The Hall–Kier alpha value is -1.80. The van der Waals surface area contributed by atoms with Gasteiger partial charge in [0.2, 0.25) is 0 Å². The molecule has 0 unspecified atom stereocenters. The van der Waals surface area contributed by atoms with Crippen LogP contribution in [0.15, 0.2) is 48.5 Å². The second-order valence-electron chi connectivity index (χ2n) is 6.98. The van der Waals surface area contributed by atoms with Gasteiger partial charge in [-0.15, -0.1) is 0 Å². The van der Waals surface area contributed by atoms with Crippen molar-refractivity contribution >= 4 is 5.69 Å². The highest BCUT2D eigenvalue weighted by molar-refractivity contribution is 5.68. The third kappa shape index (κ3) is 5.19. The van der Waals surface area contributed by atoms with Crippen LogP contribution >= 0.6 is 0 Å². The van der Waals surface area contributed by atoms with E-state index in [1.54, 1.807) is 0 Å². The smallest absolute Gasteiger partial charge is 0.0724 e. The van der Waals surface area contributed by atoms with Gasteiger partial charge in [-0.1, -0.05) is 30.3 Å². The summed E-state index contributed by atoms with van der Waals surface area (Å²) >= 11 is 0. The molecule has 0 aromatic heterocycles. The van der Waals surface area contributed by atoms with Crippen molar-refractivity contribution in [2.45, 2.75) is 52.9 Å². The summed E-state index contributed by atoms with van der Waals surface area (Å²) in [6, 6.07) is 17.6. The molecule has 0 bridgehead atoms. The molecule has 1 N–H and O–H groups in total. The SMILES string of the molecule is CC(C)Nc1cccc(-c2cccc(COC(C)(C)C)c2)c1. The number of ether oxygens (including phenoxy) is 1. The van der Waals surface area contributed by atoms with Gasteiger partial charge in [0.1, 0.15) is 0 Å². The molecule has 2 heteroatoms. The lowest BCUT2D eigenvalue weighted by molar-refractivity contribution is -0.0149. The molecule has 0 aliphatic heterocycles. The second-order valence-corrected chi connectivity index (χ2v) is 6.98.